The predicted molar refractivity (Wildman–Crippen MR) is 76.9 cm³/mol. The first-order valence-electron chi connectivity index (χ1n) is 5.18. The fraction of sp³-hybridized carbons (Fsp3) is 0. The highest BCUT2D eigenvalue weighted by molar-refractivity contribution is 9.10. The number of hydrogen-bond donors (Lipinski definition) is 0. The number of ketones is 2. The normalized spacial score (nSPS) is 10.1. The minimum absolute atomic E-state index is 0.384. The Kier molecular flexibility index (Phi) is 4.09. The number of carbonyl (C=O) groups excluding carboxylic acids is 2. The topological polar surface area (TPSA) is 34.1 Å². The molecule has 0 heterocycles. The van der Waals surface area contributed by atoms with Crippen molar-refractivity contribution in [1.82, 2.24) is 0 Å². The molecule has 2 aromatic rings. The van der Waals surface area contributed by atoms with Gasteiger partial charge in [0.2, 0.25) is 11.6 Å². The van der Waals surface area contributed by atoms with Gasteiger partial charge in [0.05, 0.1) is 0 Å². The first-order chi connectivity index (χ1) is 8.58. The van der Waals surface area contributed by atoms with Crippen LogP contribution in [-0.2, 0) is 0 Å². The van der Waals surface area contributed by atoms with Gasteiger partial charge in [-0.2, -0.15) is 0 Å². The average molecular weight is 368 g/mol. The number of Topliss-reactive ketones (excluding diaryl/α,β-unsaturated/α-hetero) is 2. The number of halogens is 2. The highest BCUT2D eigenvalue weighted by Gasteiger charge is 2.18. The molecule has 4 heteroatoms. The Morgan fingerprint density at radius 1 is 0.722 bits per heavy atom. The lowest BCUT2D eigenvalue weighted by Gasteiger charge is -2.02. The monoisotopic (exact) mass is 366 g/mol. The maximum absolute atomic E-state index is 12.0. The van der Waals surface area contributed by atoms with Crippen molar-refractivity contribution in [2.45, 2.75) is 0 Å². The molecule has 18 heavy (non-hydrogen) atoms. The van der Waals surface area contributed by atoms with Gasteiger partial charge in [-0.3, -0.25) is 9.59 Å². The molecule has 0 saturated carbocycles. The third-order valence-corrected chi connectivity index (χ3v) is 3.37. The lowest BCUT2D eigenvalue weighted by atomic mass is 10.0. The van der Waals surface area contributed by atoms with E-state index in [-0.39, 0.29) is 0 Å². The lowest BCUT2D eigenvalue weighted by molar-refractivity contribution is 0.0817. The zero-order valence-corrected chi connectivity index (χ0v) is 12.4. The van der Waals surface area contributed by atoms with E-state index in [9.17, 15) is 9.59 Å². The van der Waals surface area contributed by atoms with E-state index in [1.54, 1.807) is 48.5 Å². The molecule has 0 saturated heterocycles. The summed E-state index contributed by atoms with van der Waals surface area (Å²) in [7, 11) is 0. The van der Waals surface area contributed by atoms with E-state index >= 15 is 0 Å². The third-order valence-electron chi connectivity index (χ3n) is 2.38. The second-order valence-electron chi connectivity index (χ2n) is 3.68. The van der Waals surface area contributed by atoms with Crippen LogP contribution in [0.4, 0.5) is 0 Å². The van der Waals surface area contributed by atoms with Crippen molar-refractivity contribution in [2.24, 2.45) is 0 Å². The Hall–Kier alpha value is -1.26. The molecule has 0 aromatic heterocycles. The Balaban J connectivity index is 2.32. The van der Waals surface area contributed by atoms with Crippen LogP contribution in [0.2, 0.25) is 0 Å². The number of hydrogen-bond acceptors (Lipinski definition) is 2. The largest absolute Gasteiger partial charge is 0.285 e. The maximum Gasteiger partial charge on any atom is 0.233 e. The zero-order valence-electron chi connectivity index (χ0n) is 9.19. The molecule has 0 aliphatic carbocycles. The van der Waals surface area contributed by atoms with Crippen molar-refractivity contribution in [3.05, 3.63) is 68.6 Å². The number of carbonyl (C=O) groups is 2. The van der Waals surface area contributed by atoms with Gasteiger partial charge in [-0.05, 0) is 24.3 Å². The van der Waals surface area contributed by atoms with Crippen molar-refractivity contribution in [3.63, 3.8) is 0 Å². The van der Waals surface area contributed by atoms with Crippen LogP contribution in [0.3, 0.4) is 0 Å². The second-order valence-corrected chi connectivity index (χ2v) is 5.51. The van der Waals surface area contributed by atoms with Gasteiger partial charge in [0.15, 0.2) is 0 Å². The van der Waals surface area contributed by atoms with E-state index < -0.39 is 11.6 Å². The molecule has 2 nitrogen and oxygen atoms in total. The van der Waals surface area contributed by atoms with Crippen LogP contribution >= 0.6 is 31.9 Å². The summed E-state index contributed by atoms with van der Waals surface area (Å²) < 4.78 is 1.55. The Labute approximate surface area is 121 Å². The minimum atomic E-state index is -0.505. The van der Waals surface area contributed by atoms with Crippen LogP contribution in [0.1, 0.15) is 20.7 Å². The van der Waals surface area contributed by atoms with Gasteiger partial charge in [-0.15, -0.1) is 0 Å². The molecule has 0 aliphatic rings. The van der Waals surface area contributed by atoms with Gasteiger partial charge < -0.3 is 0 Å². The van der Waals surface area contributed by atoms with Crippen LogP contribution in [0.15, 0.2) is 57.5 Å². The van der Waals surface area contributed by atoms with Crippen LogP contribution < -0.4 is 0 Å². The third kappa shape index (κ3) is 2.94. The molecule has 0 spiro atoms. The first-order valence-corrected chi connectivity index (χ1v) is 6.76. The molecule has 2 aromatic carbocycles. The van der Waals surface area contributed by atoms with E-state index in [0.29, 0.717) is 11.1 Å². The van der Waals surface area contributed by atoms with Gasteiger partial charge in [-0.25, -0.2) is 0 Å². The van der Waals surface area contributed by atoms with Gasteiger partial charge in [0.25, 0.3) is 0 Å². The van der Waals surface area contributed by atoms with E-state index in [4.69, 9.17) is 0 Å². The van der Waals surface area contributed by atoms with Crippen LogP contribution in [0.5, 0.6) is 0 Å². The molecule has 0 radical (unpaired) electrons. The molecule has 0 unspecified atom stereocenters. The van der Waals surface area contributed by atoms with E-state index in [1.807, 2.05) is 0 Å². The Bertz CT molecular complexity index is 565. The van der Waals surface area contributed by atoms with Crippen molar-refractivity contribution in [2.75, 3.05) is 0 Å². The summed E-state index contributed by atoms with van der Waals surface area (Å²) in [5.41, 5.74) is 0.767. The second kappa shape index (κ2) is 5.59. The standard InChI is InChI=1S/C14H8Br2O2/c15-11-5-1-3-9(7-11)13(17)14(18)10-4-2-6-12(16)8-10/h1-8H. The van der Waals surface area contributed by atoms with E-state index in [2.05, 4.69) is 31.9 Å². The highest BCUT2D eigenvalue weighted by Crippen LogP contribution is 2.16. The maximum atomic E-state index is 12.0. The quantitative estimate of drug-likeness (QED) is 0.599. The molecule has 0 bridgehead atoms. The molecule has 0 atom stereocenters. The fourth-order valence-electron chi connectivity index (χ4n) is 1.52. The van der Waals surface area contributed by atoms with Crippen molar-refractivity contribution >= 4 is 43.4 Å². The van der Waals surface area contributed by atoms with E-state index in [0.717, 1.165) is 8.95 Å². The van der Waals surface area contributed by atoms with Crippen LogP contribution in [-0.4, -0.2) is 11.6 Å². The average Bonchev–Trinajstić information content (AvgIpc) is 2.37. The number of rotatable bonds is 3. The fourth-order valence-corrected chi connectivity index (χ4v) is 2.32. The summed E-state index contributed by atoms with van der Waals surface area (Å²) in [4.78, 5) is 24.0. The summed E-state index contributed by atoms with van der Waals surface area (Å²) in [6.45, 7) is 0. The molecular weight excluding hydrogens is 360 g/mol. The molecule has 90 valence electrons. The highest BCUT2D eigenvalue weighted by atomic mass is 79.9. The smallest absolute Gasteiger partial charge is 0.233 e. The summed E-state index contributed by atoms with van der Waals surface area (Å²) in [6, 6.07) is 13.6. The van der Waals surface area contributed by atoms with Gasteiger partial charge in [-0.1, -0.05) is 56.1 Å². The summed E-state index contributed by atoms with van der Waals surface area (Å²) >= 11 is 6.55. The molecule has 0 N–H and O–H groups in total. The summed E-state index contributed by atoms with van der Waals surface area (Å²) in [5.74, 6) is -1.01. The first kappa shape index (κ1) is 13.2. The zero-order chi connectivity index (χ0) is 13.1. The predicted octanol–water partition coefficient (Wildman–Crippen LogP) is 4.28. The van der Waals surface area contributed by atoms with E-state index in [1.165, 1.54) is 0 Å². The summed E-state index contributed by atoms with van der Waals surface area (Å²) in [5, 5.41) is 0. The van der Waals surface area contributed by atoms with Gasteiger partial charge in [0, 0.05) is 20.1 Å². The summed E-state index contributed by atoms with van der Waals surface area (Å²) in [6.07, 6.45) is 0. The molecular formula is C14H8Br2O2. The van der Waals surface area contributed by atoms with Crippen LogP contribution in [0.25, 0.3) is 0 Å². The molecule has 2 rings (SSSR count). The van der Waals surface area contributed by atoms with Crippen molar-refractivity contribution < 1.29 is 9.59 Å². The SMILES string of the molecule is O=C(C(=O)c1cccc(Br)c1)c1cccc(Br)c1. The lowest BCUT2D eigenvalue weighted by Crippen LogP contribution is -2.14. The Morgan fingerprint density at radius 3 is 1.44 bits per heavy atom. The van der Waals surface area contributed by atoms with Gasteiger partial charge in [0.1, 0.15) is 0 Å². The van der Waals surface area contributed by atoms with Crippen molar-refractivity contribution in [1.29, 1.82) is 0 Å². The molecule has 0 amide bonds. The Morgan fingerprint density at radius 2 is 1.11 bits per heavy atom. The van der Waals surface area contributed by atoms with Gasteiger partial charge >= 0.3 is 0 Å². The van der Waals surface area contributed by atoms with Crippen LogP contribution in [0, 0.1) is 0 Å². The molecule has 0 fully saturated rings. The minimum Gasteiger partial charge on any atom is -0.285 e. The number of benzene rings is 2. The molecule has 0 aliphatic heterocycles. The van der Waals surface area contributed by atoms with Crippen molar-refractivity contribution in [3.8, 4) is 0 Å².